The molecular formula is C45H57N5O5. The number of likely N-dealkylation sites (N-methyl/N-ethyl adjacent to an activating group) is 1. The maximum absolute atomic E-state index is 13.5. The molecule has 4 aromatic rings. The lowest BCUT2D eigenvalue weighted by atomic mass is 9.86. The van der Waals surface area contributed by atoms with Gasteiger partial charge in [-0.05, 0) is 91.3 Å². The molecule has 1 saturated heterocycles. The van der Waals surface area contributed by atoms with E-state index in [0.29, 0.717) is 44.6 Å². The predicted octanol–water partition coefficient (Wildman–Crippen LogP) is 6.55. The van der Waals surface area contributed by atoms with Gasteiger partial charge in [0, 0.05) is 60.7 Å². The van der Waals surface area contributed by atoms with Crippen LogP contribution in [0.3, 0.4) is 0 Å². The largest absolute Gasteiger partial charge is 0.504 e. The number of rotatable bonds is 10. The van der Waals surface area contributed by atoms with Crippen LogP contribution in [0, 0.1) is 0 Å². The average molecular weight is 748 g/mol. The van der Waals surface area contributed by atoms with Gasteiger partial charge in [0.2, 0.25) is 5.91 Å². The number of unbranched alkanes of at least 4 members (excludes halogenated alkanes) is 2. The highest BCUT2D eigenvalue weighted by atomic mass is 16.5. The molecule has 6 N–H and O–H groups in total. The molecule has 4 bridgehead atoms. The summed E-state index contributed by atoms with van der Waals surface area (Å²) in [5.74, 6) is 1.30. The molecule has 292 valence electrons. The third-order valence-electron chi connectivity index (χ3n) is 11.4. The number of hydrogen-bond donors (Lipinski definition) is 5. The molecular weight excluding hydrogens is 691 g/mol. The highest BCUT2D eigenvalue weighted by Crippen LogP contribution is 2.36. The van der Waals surface area contributed by atoms with Crippen LogP contribution >= 0.6 is 0 Å². The van der Waals surface area contributed by atoms with Gasteiger partial charge < -0.3 is 45.5 Å². The van der Waals surface area contributed by atoms with Crippen LogP contribution in [0.5, 0.6) is 11.5 Å². The molecule has 10 nitrogen and oxygen atoms in total. The number of nitrogens with zero attached hydrogens (tertiary/aromatic N) is 2. The van der Waals surface area contributed by atoms with E-state index in [9.17, 15) is 15.0 Å². The molecule has 1 aromatic heterocycles. The number of carbonyl (C=O) groups excluding carboxylic acids is 1. The summed E-state index contributed by atoms with van der Waals surface area (Å²) in [6.45, 7) is 5.00. The Morgan fingerprint density at radius 3 is 2.65 bits per heavy atom. The molecule has 3 aliphatic heterocycles. The molecule has 1 amide bonds. The van der Waals surface area contributed by atoms with Gasteiger partial charge in [-0.25, -0.2) is 0 Å². The Hall–Kier alpha value is -4.61. The number of aliphatic hydroxyl groups is 1. The smallest absolute Gasteiger partial charge is 0.223 e. The number of nitrogens with two attached hydrogens (primary N) is 1. The first-order valence-electron chi connectivity index (χ1n) is 20.1. The Morgan fingerprint density at radius 2 is 1.89 bits per heavy atom. The van der Waals surface area contributed by atoms with Gasteiger partial charge in [0.25, 0.3) is 0 Å². The lowest BCUT2D eigenvalue weighted by molar-refractivity contribution is -0.134. The minimum atomic E-state index is -0.543. The van der Waals surface area contributed by atoms with Gasteiger partial charge >= 0.3 is 0 Å². The summed E-state index contributed by atoms with van der Waals surface area (Å²) in [6, 6.07) is 20.1. The van der Waals surface area contributed by atoms with Crippen LogP contribution in [0.15, 0.2) is 90.3 Å². The van der Waals surface area contributed by atoms with Crippen LogP contribution in [-0.4, -0.2) is 77.2 Å². The van der Waals surface area contributed by atoms with E-state index in [1.54, 1.807) is 6.07 Å². The van der Waals surface area contributed by atoms with Gasteiger partial charge in [-0.3, -0.25) is 4.79 Å². The third kappa shape index (κ3) is 9.27. The number of aryl methyl sites for hydroxylation is 1. The minimum absolute atomic E-state index is 0.0646. The Kier molecular flexibility index (Phi) is 12.6. The average Bonchev–Trinajstić information content (AvgIpc) is 3.60. The molecule has 1 fully saturated rings. The summed E-state index contributed by atoms with van der Waals surface area (Å²) < 4.78 is 15.3. The number of aliphatic hydroxyl groups excluding tert-OH is 1. The normalized spacial score (nSPS) is 21.1. The van der Waals surface area contributed by atoms with Crippen LogP contribution in [0.1, 0.15) is 86.5 Å². The summed E-state index contributed by atoms with van der Waals surface area (Å²) in [5.41, 5.74) is 12.8. The fourth-order valence-electron chi connectivity index (χ4n) is 8.06. The van der Waals surface area contributed by atoms with Crippen molar-refractivity contribution in [3.8, 4) is 11.5 Å². The molecule has 0 radical (unpaired) electrons. The van der Waals surface area contributed by atoms with Crippen molar-refractivity contribution in [2.75, 3.05) is 33.3 Å². The number of benzene rings is 3. The second-order valence-corrected chi connectivity index (χ2v) is 15.4. The van der Waals surface area contributed by atoms with Crippen molar-refractivity contribution in [2.24, 2.45) is 5.73 Å². The zero-order valence-electron chi connectivity index (χ0n) is 32.3. The van der Waals surface area contributed by atoms with Crippen LogP contribution in [0.4, 0.5) is 0 Å². The number of hydrogen-bond acceptors (Lipinski definition) is 8. The summed E-state index contributed by atoms with van der Waals surface area (Å²) in [5, 5.41) is 31.0. The number of dihydropyridines is 1. The van der Waals surface area contributed by atoms with Gasteiger partial charge in [0.15, 0.2) is 11.5 Å². The monoisotopic (exact) mass is 747 g/mol. The van der Waals surface area contributed by atoms with Gasteiger partial charge in [-0.2, -0.15) is 0 Å². The number of carbonyl (C=O) groups is 1. The predicted molar refractivity (Wildman–Crippen MR) is 218 cm³/mol. The molecule has 4 heterocycles. The Morgan fingerprint density at radius 1 is 1.05 bits per heavy atom. The number of phenolic OH excluding ortho intramolecular Hbond substituents is 1. The fraction of sp³-hybridized carbons (Fsp3) is 0.444. The molecule has 4 unspecified atom stereocenters. The number of aromatic nitrogens is 1. The van der Waals surface area contributed by atoms with Crippen molar-refractivity contribution in [3.05, 3.63) is 113 Å². The van der Waals surface area contributed by atoms with Crippen molar-refractivity contribution in [3.63, 3.8) is 0 Å². The van der Waals surface area contributed by atoms with Crippen molar-refractivity contribution < 1.29 is 24.5 Å². The number of fused-ring (bicyclic) bond motifs is 4. The first-order chi connectivity index (χ1) is 26.8. The first kappa shape index (κ1) is 38.7. The summed E-state index contributed by atoms with van der Waals surface area (Å²) in [6.07, 6.45) is 12.6. The van der Waals surface area contributed by atoms with Gasteiger partial charge in [0.05, 0.1) is 25.0 Å². The summed E-state index contributed by atoms with van der Waals surface area (Å²) in [7, 11) is 1.92. The number of ether oxygens (including phenoxy) is 2. The van der Waals surface area contributed by atoms with Crippen molar-refractivity contribution in [1.82, 2.24) is 20.1 Å². The lowest BCUT2D eigenvalue weighted by Crippen LogP contribution is -2.44. The van der Waals surface area contributed by atoms with Gasteiger partial charge in [-0.1, -0.05) is 68.7 Å². The summed E-state index contributed by atoms with van der Waals surface area (Å²) >= 11 is 0. The molecule has 55 heavy (non-hydrogen) atoms. The Labute approximate surface area is 325 Å². The van der Waals surface area contributed by atoms with Crippen LogP contribution in [-0.2, 0) is 22.6 Å². The number of phenols is 1. The van der Waals surface area contributed by atoms with E-state index >= 15 is 0 Å². The second-order valence-electron chi connectivity index (χ2n) is 15.4. The molecule has 0 spiro atoms. The fourth-order valence-corrected chi connectivity index (χ4v) is 8.06. The molecule has 7 rings (SSSR count). The van der Waals surface area contributed by atoms with Gasteiger partial charge in [-0.15, -0.1) is 0 Å². The van der Waals surface area contributed by atoms with E-state index in [0.717, 1.165) is 95.2 Å². The van der Waals surface area contributed by atoms with Gasteiger partial charge in [0.1, 0.15) is 12.4 Å². The maximum atomic E-state index is 13.5. The van der Waals surface area contributed by atoms with E-state index in [4.69, 9.17) is 15.2 Å². The molecule has 10 heteroatoms. The zero-order chi connectivity index (χ0) is 38.3. The van der Waals surface area contributed by atoms with Crippen LogP contribution in [0.2, 0.25) is 0 Å². The topological polar surface area (TPSA) is 134 Å². The standard InChI is InChI=1S/C45H57N5O5/c1-3-4-6-12-38-23-37(51)15-13-30-14-16-41(52)42(19-30)55-28-35-21-32(39(31-10-7-5-8-11-31)24-43(53)49-17-9-18-49)20-34-26-50(27-40(34)35)45-36(29-54-38)22-33(25-47-2)44(46)48-45/h5,7-8,10-11,14,16,19-22,26-27,37-39,44,47-48,51-52H,3-4,6,9,12-13,15,17-18,23-25,28-29,46H2,1-2H3. The van der Waals surface area contributed by atoms with Crippen molar-refractivity contribution in [1.29, 1.82) is 0 Å². The Balaban J connectivity index is 1.35. The molecule has 3 aliphatic rings. The molecule has 0 aliphatic carbocycles. The molecule has 3 aromatic carbocycles. The van der Waals surface area contributed by atoms with E-state index in [2.05, 4.69) is 64.9 Å². The molecule has 4 atom stereocenters. The quantitative estimate of drug-likeness (QED) is 0.116. The lowest BCUT2D eigenvalue weighted by Gasteiger charge is -2.32. The van der Waals surface area contributed by atoms with E-state index in [-0.39, 0.29) is 30.3 Å². The number of nitrogens with one attached hydrogen (secondary N) is 2. The van der Waals surface area contributed by atoms with E-state index < -0.39 is 12.3 Å². The third-order valence-corrected chi connectivity index (χ3v) is 11.4. The van der Waals surface area contributed by atoms with E-state index in [1.165, 1.54) is 0 Å². The number of aromatic hydroxyl groups is 1. The molecule has 0 saturated carbocycles. The number of likely N-dealkylation sites (tertiary alicyclic amines) is 1. The maximum Gasteiger partial charge on any atom is 0.223 e. The highest BCUT2D eigenvalue weighted by Gasteiger charge is 2.28. The zero-order valence-corrected chi connectivity index (χ0v) is 32.3. The summed E-state index contributed by atoms with van der Waals surface area (Å²) in [4.78, 5) is 15.5. The van der Waals surface area contributed by atoms with Crippen molar-refractivity contribution in [2.45, 2.75) is 95.6 Å². The SMILES string of the molecule is CCCCCC1CC(O)CCc2ccc(O)c(c2)OCc2cc(C(CC(=O)N3CCC3)c3ccccc3)cc3cn(cc23)C2=C(C=C(CNC)C(N)N2)CO1. The van der Waals surface area contributed by atoms with E-state index in [1.807, 2.05) is 42.3 Å². The van der Waals surface area contributed by atoms with Crippen molar-refractivity contribution >= 4 is 22.5 Å². The Bertz CT molecular complexity index is 2000. The minimum Gasteiger partial charge on any atom is -0.504 e. The second kappa shape index (κ2) is 17.9. The van der Waals surface area contributed by atoms with Crippen LogP contribution in [0.25, 0.3) is 16.6 Å². The highest BCUT2D eigenvalue weighted by molar-refractivity contribution is 5.88. The van der Waals surface area contributed by atoms with Crippen LogP contribution < -0.4 is 21.1 Å². The first-order valence-corrected chi connectivity index (χ1v) is 20.1. The number of amides is 1.